The minimum atomic E-state index is -0.520. The van der Waals surface area contributed by atoms with Crippen LogP contribution < -0.4 is 14.2 Å². The zero-order valence-electron chi connectivity index (χ0n) is 13.9. The molecule has 0 fully saturated rings. The minimum absolute atomic E-state index is 0.305. The van der Waals surface area contributed by atoms with Gasteiger partial charge in [-0.2, -0.15) is 0 Å². The molecule has 0 N–H and O–H groups in total. The Kier molecular flexibility index (Phi) is 5.81. The van der Waals surface area contributed by atoms with Gasteiger partial charge in [0, 0.05) is 10.4 Å². The maximum atomic E-state index is 12.3. The molecule has 0 spiro atoms. The summed E-state index contributed by atoms with van der Waals surface area (Å²) in [5.74, 6) is 0.230. The van der Waals surface area contributed by atoms with E-state index in [1.165, 1.54) is 44.8 Å². The maximum absolute atomic E-state index is 12.3. The average molecular weight is 350 g/mol. The van der Waals surface area contributed by atoms with Gasteiger partial charge in [-0.05, 0) is 31.2 Å². The zero-order valence-corrected chi connectivity index (χ0v) is 14.7. The van der Waals surface area contributed by atoms with Crippen LogP contribution in [-0.4, -0.2) is 39.7 Å². The number of hydrogen-bond donors (Lipinski definition) is 0. The highest BCUT2D eigenvalue weighted by atomic mass is 32.1. The van der Waals surface area contributed by atoms with Crippen LogP contribution in [0, 0.1) is 6.92 Å². The van der Waals surface area contributed by atoms with Crippen LogP contribution in [0.5, 0.6) is 17.2 Å². The van der Waals surface area contributed by atoms with Gasteiger partial charge in [0.2, 0.25) is 11.5 Å². The molecule has 0 atom stereocenters. The SMILES string of the molecule is COc1cc(C(=O)COC(=O)c2ccc(C)s2)cc(OC)c1OC. The maximum Gasteiger partial charge on any atom is 0.348 e. The molecule has 2 aromatic rings. The van der Waals surface area contributed by atoms with Gasteiger partial charge in [0.25, 0.3) is 0 Å². The first-order valence-corrected chi connectivity index (χ1v) is 7.88. The van der Waals surface area contributed by atoms with Crippen molar-refractivity contribution in [1.82, 2.24) is 0 Å². The molecule has 128 valence electrons. The molecule has 1 aromatic carbocycles. The van der Waals surface area contributed by atoms with E-state index in [0.717, 1.165) is 4.88 Å². The van der Waals surface area contributed by atoms with Crippen molar-refractivity contribution in [2.24, 2.45) is 0 Å². The van der Waals surface area contributed by atoms with Gasteiger partial charge in [-0.15, -0.1) is 11.3 Å². The summed E-state index contributed by atoms with van der Waals surface area (Å²) in [5, 5.41) is 0. The smallest absolute Gasteiger partial charge is 0.348 e. The van der Waals surface area contributed by atoms with E-state index >= 15 is 0 Å². The third kappa shape index (κ3) is 3.86. The highest BCUT2D eigenvalue weighted by Gasteiger charge is 2.18. The number of aryl methyl sites for hydroxylation is 1. The van der Waals surface area contributed by atoms with Gasteiger partial charge in [0.15, 0.2) is 18.1 Å². The van der Waals surface area contributed by atoms with E-state index < -0.39 is 5.97 Å². The lowest BCUT2D eigenvalue weighted by molar-refractivity contribution is 0.0479. The number of ether oxygens (including phenoxy) is 4. The predicted octanol–water partition coefficient (Wildman–Crippen LogP) is 3.12. The number of Topliss-reactive ketones (excluding diaryl/α,β-unsaturated/α-hetero) is 1. The molecule has 0 aliphatic heterocycles. The zero-order chi connectivity index (χ0) is 17.7. The Morgan fingerprint density at radius 1 is 1.00 bits per heavy atom. The fourth-order valence-corrected chi connectivity index (χ4v) is 2.83. The lowest BCUT2D eigenvalue weighted by atomic mass is 10.1. The largest absolute Gasteiger partial charge is 0.493 e. The van der Waals surface area contributed by atoms with Gasteiger partial charge >= 0.3 is 5.97 Å². The molecular weight excluding hydrogens is 332 g/mol. The summed E-state index contributed by atoms with van der Waals surface area (Å²) < 4.78 is 20.7. The quantitative estimate of drug-likeness (QED) is 0.564. The van der Waals surface area contributed by atoms with E-state index in [1.807, 2.05) is 13.0 Å². The first kappa shape index (κ1) is 17.8. The monoisotopic (exact) mass is 350 g/mol. The summed E-state index contributed by atoms with van der Waals surface area (Å²) in [6.45, 7) is 1.52. The summed E-state index contributed by atoms with van der Waals surface area (Å²) in [4.78, 5) is 25.7. The fraction of sp³-hybridized carbons (Fsp3) is 0.294. The first-order valence-electron chi connectivity index (χ1n) is 7.07. The van der Waals surface area contributed by atoms with Crippen LogP contribution in [0.15, 0.2) is 24.3 Å². The number of esters is 1. The second-order valence-electron chi connectivity index (χ2n) is 4.82. The second-order valence-corrected chi connectivity index (χ2v) is 6.11. The molecule has 7 heteroatoms. The number of thiophene rings is 1. The van der Waals surface area contributed by atoms with E-state index in [-0.39, 0.29) is 12.4 Å². The Hall–Kier alpha value is -2.54. The molecule has 0 aliphatic rings. The molecule has 0 unspecified atom stereocenters. The van der Waals surface area contributed by atoms with E-state index in [1.54, 1.807) is 6.07 Å². The van der Waals surface area contributed by atoms with Crippen LogP contribution in [0.2, 0.25) is 0 Å². The van der Waals surface area contributed by atoms with Crippen molar-refractivity contribution >= 4 is 23.1 Å². The molecule has 0 saturated heterocycles. The topological polar surface area (TPSA) is 71.1 Å². The molecule has 1 aromatic heterocycles. The molecule has 6 nitrogen and oxygen atoms in total. The number of hydrogen-bond acceptors (Lipinski definition) is 7. The molecule has 0 amide bonds. The van der Waals surface area contributed by atoms with Gasteiger partial charge in [0.05, 0.1) is 21.3 Å². The van der Waals surface area contributed by atoms with Crippen molar-refractivity contribution in [2.75, 3.05) is 27.9 Å². The van der Waals surface area contributed by atoms with Crippen molar-refractivity contribution in [2.45, 2.75) is 6.92 Å². The molecule has 24 heavy (non-hydrogen) atoms. The van der Waals surface area contributed by atoms with Gasteiger partial charge in [-0.25, -0.2) is 4.79 Å². The normalized spacial score (nSPS) is 10.2. The predicted molar refractivity (Wildman–Crippen MR) is 89.8 cm³/mol. The molecule has 0 radical (unpaired) electrons. The third-order valence-corrected chi connectivity index (χ3v) is 4.24. The summed E-state index contributed by atoms with van der Waals surface area (Å²) in [6, 6.07) is 6.54. The van der Waals surface area contributed by atoms with Gasteiger partial charge < -0.3 is 18.9 Å². The Bertz CT molecular complexity index is 724. The fourth-order valence-electron chi connectivity index (χ4n) is 2.07. The van der Waals surface area contributed by atoms with Crippen LogP contribution in [0.25, 0.3) is 0 Å². The standard InChI is InChI=1S/C17H18O6S/c1-10-5-6-15(24-10)17(19)23-9-12(18)11-7-13(20-2)16(22-4)14(8-11)21-3/h5-8H,9H2,1-4H3. The molecule has 0 saturated carbocycles. The number of methoxy groups -OCH3 is 3. The van der Waals surface area contributed by atoms with Crippen LogP contribution in [-0.2, 0) is 4.74 Å². The Balaban J connectivity index is 2.13. The highest BCUT2D eigenvalue weighted by molar-refractivity contribution is 7.13. The van der Waals surface area contributed by atoms with Crippen molar-refractivity contribution in [3.05, 3.63) is 39.6 Å². The van der Waals surface area contributed by atoms with E-state index in [9.17, 15) is 9.59 Å². The molecule has 1 heterocycles. The van der Waals surface area contributed by atoms with Crippen molar-refractivity contribution in [3.63, 3.8) is 0 Å². The molecule has 2 rings (SSSR count). The number of carbonyl (C=O) groups is 2. The van der Waals surface area contributed by atoms with E-state index in [4.69, 9.17) is 18.9 Å². The van der Waals surface area contributed by atoms with Gasteiger partial charge in [0.1, 0.15) is 4.88 Å². The van der Waals surface area contributed by atoms with Crippen molar-refractivity contribution in [1.29, 1.82) is 0 Å². The number of carbonyl (C=O) groups excluding carboxylic acids is 2. The summed E-state index contributed by atoms with van der Waals surface area (Å²) in [6.07, 6.45) is 0. The van der Waals surface area contributed by atoms with Crippen LogP contribution >= 0.6 is 11.3 Å². The lowest BCUT2D eigenvalue weighted by Gasteiger charge is -2.13. The van der Waals surface area contributed by atoms with Crippen LogP contribution in [0.1, 0.15) is 24.9 Å². The second kappa shape index (κ2) is 7.83. The van der Waals surface area contributed by atoms with E-state index in [0.29, 0.717) is 27.7 Å². The number of benzene rings is 1. The van der Waals surface area contributed by atoms with E-state index in [2.05, 4.69) is 0 Å². The Morgan fingerprint density at radius 2 is 1.62 bits per heavy atom. The van der Waals surface area contributed by atoms with Crippen LogP contribution in [0.4, 0.5) is 0 Å². The minimum Gasteiger partial charge on any atom is -0.493 e. The van der Waals surface area contributed by atoms with Gasteiger partial charge in [-0.1, -0.05) is 0 Å². The summed E-state index contributed by atoms with van der Waals surface area (Å²) in [5.41, 5.74) is 0.305. The van der Waals surface area contributed by atoms with Crippen LogP contribution in [0.3, 0.4) is 0 Å². The Labute approximate surface area is 143 Å². The molecule has 0 aliphatic carbocycles. The summed E-state index contributed by atoms with van der Waals surface area (Å²) in [7, 11) is 4.40. The highest BCUT2D eigenvalue weighted by Crippen LogP contribution is 2.38. The third-order valence-electron chi connectivity index (χ3n) is 3.26. The van der Waals surface area contributed by atoms with Gasteiger partial charge in [-0.3, -0.25) is 4.79 Å². The average Bonchev–Trinajstić information content (AvgIpc) is 3.04. The van der Waals surface area contributed by atoms with Crippen molar-refractivity contribution in [3.8, 4) is 17.2 Å². The number of ketones is 1. The van der Waals surface area contributed by atoms with Crippen molar-refractivity contribution < 1.29 is 28.5 Å². The first-order chi connectivity index (χ1) is 11.5. The lowest BCUT2D eigenvalue weighted by Crippen LogP contribution is -2.14. The number of rotatable bonds is 7. The Morgan fingerprint density at radius 3 is 2.08 bits per heavy atom. The molecular formula is C17H18O6S. The summed E-state index contributed by atoms with van der Waals surface area (Å²) >= 11 is 1.32. The molecule has 0 bridgehead atoms.